The summed E-state index contributed by atoms with van der Waals surface area (Å²) in [5.41, 5.74) is 0. The van der Waals surface area contributed by atoms with Gasteiger partial charge in [-0.15, -0.1) is 0 Å². The van der Waals surface area contributed by atoms with Crippen molar-refractivity contribution < 1.29 is 9.26 Å². The van der Waals surface area contributed by atoms with Crippen molar-refractivity contribution in [1.29, 1.82) is 0 Å². The second-order valence-corrected chi connectivity index (χ2v) is 5.74. The van der Waals surface area contributed by atoms with E-state index in [4.69, 9.17) is 9.26 Å². The van der Waals surface area contributed by atoms with Crippen LogP contribution >= 0.6 is 0 Å². The van der Waals surface area contributed by atoms with Crippen molar-refractivity contribution in [1.82, 2.24) is 15.5 Å². The number of fused-ring (bicyclic) bond motifs is 1. The molecule has 5 nitrogen and oxygen atoms in total. The third-order valence-corrected chi connectivity index (χ3v) is 4.59. The summed E-state index contributed by atoms with van der Waals surface area (Å²) in [5.74, 6) is 2.93. The Hall–Kier alpha value is -0.940. The zero-order valence-electron chi connectivity index (χ0n) is 11.8. The van der Waals surface area contributed by atoms with E-state index in [1.54, 1.807) is 7.11 Å². The quantitative estimate of drug-likeness (QED) is 0.886. The Morgan fingerprint density at radius 1 is 1.47 bits per heavy atom. The number of ether oxygens (including phenoxy) is 1. The van der Waals surface area contributed by atoms with Crippen molar-refractivity contribution in [3.05, 3.63) is 11.7 Å². The van der Waals surface area contributed by atoms with Gasteiger partial charge in [0.05, 0.1) is 6.04 Å². The lowest BCUT2D eigenvalue weighted by Gasteiger charge is -2.13. The molecule has 1 aliphatic carbocycles. The van der Waals surface area contributed by atoms with E-state index < -0.39 is 0 Å². The van der Waals surface area contributed by atoms with Gasteiger partial charge in [0, 0.05) is 7.11 Å². The third-order valence-electron chi connectivity index (χ3n) is 4.59. The van der Waals surface area contributed by atoms with Gasteiger partial charge in [0.25, 0.3) is 0 Å². The Morgan fingerprint density at radius 2 is 2.37 bits per heavy atom. The maximum absolute atomic E-state index is 5.48. The van der Waals surface area contributed by atoms with Crippen LogP contribution in [0.1, 0.15) is 62.9 Å². The van der Waals surface area contributed by atoms with E-state index in [-0.39, 0.29) is 12.1 Å². The molecule has 1 N–H and O–H groups in total. The third kappa shape index (κ3) is 2.41. The lowest BCUT2D eigenvalue weighted by molar-refractivity contribution is 0.0854. The number of nitrogens with zero attached hydrogens (tertiary/aromatic N) is 2. The molecule has 4 atom stereocenters. The molecule has 0 bridgehead atoms. The van der Waals surface area contributed by atoms with E-state index in [2.05, 4.69) is 22.4 Å². The van der Waals surface area contributed by atoms with Gasteiger partial charge in [-0.25, -0.2) is 0 Å². The molecule has 1 saturated carbocycles. The summed E-state index contributed by atoms with van der Waals surface area (Å²) in [4.78, 5) is 4.58. The molecule has 2 aliphatic rings. The molecule has 5 heteroatoms. The fraction of sp³-hybridized carbons (Fsp3) is 0.857. The molecular formula is C14H23N3O2. The van der Waals surface area contributed by atoms with Crippen molar-refractivity contribution >= 4 is 0 Å². The van der Waals surface area contributed by atoms with Crippen molar-refractivity contribution in [3.63, 3.8) is 0 Å². The maximum atomic E-state index is 5.48. The molecule has 3 rings (SSSR count). The van der Waals surface area contributed by atoms with Crippen LogP contribution in [0.15, 0.2) is 4.52 Å². The number of methoxy groups -OCH3 is 1. The Balaban J connectivity index is 1.74. The zero-order chi connectivity index (χ0) is 13.2. The highest BCUT2D eigenvalue weighted by molar-refractivity contribution is 5.04. The van der Waals surface area contributed by atoms with Gasteiger partial charge < -0.3 is 14.6 Å². The van der Waals surface area contributed by atoms with Gasteiger partial charge in [-0.2, -0.15) is 4.98 Å². The van der Waals surface area contributed by atoms with E-state index in [0.717, 1.165) is 31.2 Å². The summed E-state index contributed by atoms with van der Waals surface area (Å²) in [6.45, 7) is 3.23. The summed E-state index contributed by atoms with van der Waals surface area (Å²) in [6, 6.07) is 0.257. The minimum Gasteiger partial charge on any atom is -0.373 e. The van der Waals surface area contributed by atoms with Crippen LogP contribution in [-0.4, -0.2) is 23.8 Å². The van der Waals surface area contributed by atoms with Crippen LogP contribution < -0.4 is 5.32 Å². The minimum atomic E-state index is -0.0386. The van der Waals surface area contributed by atoms with Gasteiger partial charge in [-0.1, -0.05) is 24.9 Å². The molecule has 106 valence electrons. The molecule has 1 aliphatic heterocycles. The topological polar surface area (TPSA) is 60.2 Å². The smallest absolute Gasteiger partial charge is 0.244 e. The molecule has 1 saturated heterocycles. The number of aromatic nitrogens is 2. The Morgan fingerprint density at radius 3 is 3.16 bits per heavy atom. The van der Waals surface area contributed by atoms with Gasteiger partial charge in [-0.3, -0.25) is 0 Å². The van der Waals surface area contributed by atoms with E-state index in [0.29, 0.717) is 11.7 Å². The van der Waals surface area contributed by atoms with Crippen molar-refractivity contribution in [2.24, 2.45) is 11.8 Å². The van der Waals surface area contributed by atoms with E-state index in [1.807, 2.05) is 0 Å². The van der Waals surface area contributed by atoms with Crippen LogP contribution in [0.25, 0.3) is 0 Å². The molecule has 2 fully saturated rings. The molecule has 1 aromatic rings. The number of hydrogen-bond acceptors (Lipinski definition) is 5. The summed E-state index contributed by atoms with van der Waals surface area (Å²) in [7, 11) is 1.71. The molecule has 1 aromatic heterocycles. The fourth-order valence-corrected chi connectivity index (χ4v) is 3.58. The van der Waals surface area contributed by atoms with Crippen molar-refractivity contribution in [2.75, 3.05) is 13.7 Å². The minimum absolute atomic E-state index is 0.0386. The highest BCUT2D eigenvalue weighted by Crippen LogP contribution is 2.44. The molecule has 0 radical (unpaired) electrons. The Labute approximate surface area is 114 Å². The predicted octanol–water partition coefficient (Wildman–Crippen LogP) is 2.62. The molecule has 2 heterocycles. The van der Waals surface area contributed by atoms with Gasteiger partial charge in [0.2, 0.25) is 11.7 Å². The highest BCUT2D eigenvalue weighted by atomic mass is 16.5. The van der Waals surface area contributed by atoms with Crippen molar-refractivity contribution in [2.45, 2.75) is 51.2 Å². The first-order valence-electron chi connectivity index (χ1n) is 7.43. The molecule has 4 unspecified atom stereocenters. The molecule has 0 spiro atoms. The SMILES string of the molecule is CCCC(OC)c1noc(C2NCC3CCCC32)n1. The van der Waals surface area contributed by atoms with Crippen LogP contribution in [-0.2, 0) is 4.74 Å². The van der Waals surface area contributed by atoms with E-state index in [9.17, 15) is 0 Å². The standard InChI is InChI=1S/C14H23N3O2/c1-3-5-11(18-2)13-16-14(19-17-13)12-10-7-4-6-9(10)8-15-12/h9-12,15H,3-8H2,1-2H3. The monoisotopic (exact) mass is 265 g/mol. The summed E-state index contributed by atoms with van der Waals surface area (Å²) in [5, 5.41) is 7.65. The zero-order valence-corrected chi connectivity index (χ0v) is 11.8. The lowest BCUT2D eigenvalue weighted by Crippen LogP contribution is -2.18. The second-order valence-electron chi connectivity index (χ2n) is 5.74. The van der Waals surface area contributed by atoms with E-state index in [1.165, 1.54) is 19.3 Å². The first kappa shape index (κ1) is 13.1. The average molecular weight is 265 g/mol. The molecule has 0 amide bonds. The Bertz CT molecular complexity index is 421. The summed E-state index contributed by atoms with van der Waals surface area (Å²) in [6.07, 6.45) is 5.90. The van der Waals surface area contributed by atoms with Crippen LogP contribution in [0.4, 0.5) is 0 Å². The fourth-order valence-electron chi connectivity index (χ4n) is 3.58. The van der Waals surface area contributed by atoms with Gasteiger partial charge in [0.15, 0.2) is 0 Å². The van der Waals surface area contributed by atoms with Gasteiger partial charge >= 0.3 is 0 Å². The predicted molar refractivity (Wildman–Crippen MR) is 70.5 cm³/mol. The second kappa shape index (κ2) is 5.59. The molecule has 19 heavy (non-hydrogen) atoms. The maximum Gasteiger partial charge on any atom is 0.244 e. The normalized spacial score (nSPS) is 31.6. The van der Waals surface area contributed by atoms with Gasteiger partial charge in [-0.05, 0) is 37.6 Å². The lowest BCUT2D eigenvalue weighted by atomic mass is 9.94. The van der Waals surface area contributed by atoms with Gasteiger partial charge in [0.1, 0.15) is 6.10 Å². The highest BCUT2D eigenvalue weighted by Gasteiger charge is 2.42. The first-order valence-corrected chi connectivity index (χ1v) is 7.43. The van der Waals surface area contributed by atoms with Crippen LogP contribution in [0, 0.1) is 11.8 Å². The number of nitrogens with one attached hydrogen (secondary N) is 1. The Kier molecular flexibility index (Phi) is 3.84. The van der Waals surface area contributed by atoms with Crippen LogP contribution in [0.3, 0.4) is 0 Å². The number of rotatable bonds is 5. The van der Waals surface area contributed by atoms with E-state index >= 15 is 0 Å². The summed E-state index contributed by atoms with van der Waals surface area (Å²) < 4.78 is 10.9. The summed E-state index contributed by atoms with van der Waals surface area (Å²) >= 11 is 0. The number of hydrogen-bond donors (Lipinski definition) is 1. The largest absolute Gasteiger partial charge is 0.373 e. The molecular weight excluding hydrogens is 242 g/mol. The molecule has 0 aromatic carbocycles. The van der Waals surface area contributed by atoms with Crippen LogP contribution in [0.2, 0.25) is 0 Å². The average Bonchev–Trinajstić information content (AvgIpc) is 3.10. The van der Waals surface area contributed by atoms with Crippen molar-refractivity contribution in [3.8, 4) is 0 Å². The first-order chi connectivity index (χ1) is 9.33. The van der Waals surface area contributed by atoms with Crippen LogP contribution in [0.5, 0.6) is 0 Å².